The van der Waals surface area contributed by atoms with Crippen LogP contribution in [0, 0.1) is 11.3 Å². The van der Waals surface area contributed by atoms with E-state index in [4.69, 9.17) is 0 Å². The molecule has 4 heteroatoms. The summed E-state index contributed by atoms with van der Waals surface area (Å²) in [5, 5.41) is 9.45. The van der Waals surface area contributed by atoms with E-state index in [9.17, 15) is 5.26 Å². The van der Waals surface area contributed by atoms with Gasteiger partial charge < -0.3 is 9.80 Å². The Bertz CT molecular complexity index is 652. The molecule has 0 bridgehead atoms. The van der Waals surface area contributed by atoms with E-state index >= 15 is 0 Å². The molecule has 0 N–H and O–H groups in total. The predicted octanol–water partition coefficient (Wildman–Crippen LogP) is 2.37. The van der Waals surface area contributed by atoms with Crippen LogP contribution in [0.4, 0.5) is 5.82 Å². The third-order valence-electron chi connectivity index (χ3n) is 3.90. The lowest BCUT2D eigenvalue weighted by Crippen LogP contribution is -2.45. The number of hydrogen-bond donors (Lipinski definition) is 0. The molecule has 0 aliphatic carbocycles. The number of piperazine rings is 1. The number of pyridine rings is 1. The van der Waals surface area contributed by atoms with Gasteiger partial charge >= 0.3 is 0 Å². The fraction of sp³-hybridized carbons (Fsp3) is 0.294. The van der Waals surface area contributed by atoms with Gasteiger partial charge in [-0.3, -0.25) is 0 Å². The second kappa shape index (κ2) is 5.94. The van der Waals surface area contributed by atoms with E-state index in [0.29, 0.717) is 5.56 Å². The molecule has 1 aliphatic rings. The van der Waals surface area contributed by atoms with Crippen LogP contribution in [0.5, 0.6) is 0 Å². The summed E-state index contributed by atoms with van der Waals surface area (Å²) in [6, 6.07) is 14.3. The molecule has 3 rings (SSSR count). The van der Waals surface area contributed by atoms with Crippen LogP contribution in [-0.2, 0) is 0 Å². The van der Waals surface area contributed by atoms with E-state index in [1.165, 1.54) is 0 Å². The Balaban J connectivity index is 1.92. The molecule has 1 aliphatic heterocycles. The highest BCUT2D eigenvalue weighted by Crippen LogP contribution is 2.25. The largest absolute Gasteiger partial charge is 0.353 e. The maximum absolute atomic E-state index is 9.45. The van der Waals surface area contributed by atoms with Crippen molar-refractivity contribution in [2.24, 2.45) is 0 Å². The molecule has 4 nitrogen and oxygen atoms in total. The Hall–Kier alpha value is -2.38. The summed E-state index contributed by atoms with van der Waals surface area (Å²) in [6.07, 6.45) is 1.86. The first-order valence-electron chi connectivity index (χ1n) is 7.17. The number of likely N-dealkylation sites (N-methyl/N-ethyl adjacent to an activating group) is 1. The van der Waals surface area contributed by atoms with Gasteiger partial charge in [-0.15, -0.1) is 0 Å². The Morgan fingerprint density at radius 2 is 1.76 bits per heavy atom. The van der Waals surface area contributed by atoms with Crippen LogP contribution in [0.3, 0.4) is 0 Å². The van der Waals surface area contributed by atoms with Crippen molar-refractivity contribution in [1.82, 2.24) is 9.88 Å². The quantitative estimate of drug-likeness (QED) is 0.846. The average Bonchev–Trinajstić information content (AvgIpc) is 2.56. The molecular weight excluding hydrogens is 260 g/mol. The van der Waals surface area contributed by atoms with Crippen LogP contribution in [0.2, 0.25) is 0 Å². The van der Waals surface area contributed by atoms with Gasteiger partial charge in [0.05, 0.1) is 5.56 Å². The fourth-order valence-corrected chi connectivity index (χ4v) is 2.60. The molecule has 0 saturated carbocycles. The van der Waals surface area contributed by atoms with Gasteiger partial charge in [-0.1, -0.05) is 30.3 Å². The molecule has 0 amide bonds. The number of nitrogens with zero attached hydrogens (tertiary/aromatic N) is 4. The number of nitriles is 1. The van der Waals surface area contributed by atoms with Gasteiger partial charge in [-0.25, -0.2) is 4.98 Å². The van der Waals surface area contributed by atoms with Gasteiger partial charge in [0, 0.05) is 37.9 Å². The van der Waals surface area contributed by atoms with Crippen molar-refractivity contribution in [3.8, 4) is 17.2 Å². The highest BCUT2D eigenvalue weighted by atomic mass is 15.3. The zero-order valence-corrected chi connectivity index (χ0v) is 12.2. The van der Waals surface area contributed by atoms with Crippen molar-refractivity contribution >= 4 is 5.82 Å². The van der Waals surface area contributed by atoms with Gasteiger partial charge in [0.1, 0.15) is 11.9 Å². The second-order valence-corrected chi connectivity index (χ2v) is 5.36. The van der Waals surface area contributed by atoms with Crippen molar-refractivity contribution in [2.45, 2.75) is 0 Å². The van der Waals surface area contributed by atoms with E-state index in [1.807, 2.05) is 42.6 Å². The zero-order valence-electron chi connectivity index (χ0n) is 12.2. The van der Waals surface area contributed by atoms with E-state index in [2.05, 4.69) is 27.9 Å². The second-order valence-electron chi connectivity index (χ2n) is 5.36. The van der Waals surface area contributed by atoms with Crippen molar-refractivity contribution in [1.29, 1.82) is 5.26 Å². The van der Waals surface area contributed by atoms with E-state index in [0.717, 1.165) is 43.1 Å². The molecule has 0 atom stereocenters. The topological polar surface area (TPSA) is 43.2 Å². The predicted molar refractivity (Wildman–Crippen MR) is 84.1 cm³/mol. The Labute approximate surface area is 125 Å². The Morgan fingerprint density at radius 3 is 2.43 bits per heavy atom. The van der Waals surface area contributed by atoms with Crippen molar-refractivity contribution in [3.63, 3.8) is 0 Å². The van der Waals surface area contributed by atoms with Gasteiger partial charge in [0.25, 0.3) is 0 Å². The highest BCUT2D eigenvalue weighted by Gasteiger charge is 2.18. The smallest absolute Gasteiger partial charge is 0.146 e. The number of aromatic nitrogens is 1. The third-order valence-corrected chi connectivity index (χ3v) is 3.90. The summed E-state index contributed by atoms with van der Waals surface area (Å²) in [5.41, 5.74) is 2.73. The SMILES string of the molecule is CN1CCN(c2ncc(-c3ccccc3)cc2C#N)CC1. The van der Waals surface area contributed by atoms with Crippen LogP contribution < -0.4 is 4.90 Å². The van der Waals surface area contributed by atoms with Crippen LogP contribution in [-0.4, -0.2) is 43.1 Å². The number of benzene rings is 1. The molecule has 1 aromatic carbocycles. The van der Waals surface area contributed by atoms with E-state index < -0.39 is 0 Å². The van der Waals surface area contributed by atoms with Crippen molar-refractivity contribution in [2.75, 3.05) is 38.1 Å². The standard InChI is InChI=1S/C17H18N4/c1-20-7-9-21(10-8-20)17-15(12-18)11-16(13-19-17)14-5-3-2-4-6-14/h2-6,11,13H,7-10H2,1H3. The minimum absolute atomic E-state index is 0.654. The molecule has 106 valence electrons. The number of hydrogen-bond acceptors (Lipinski definition) is 4. The summed E-state index contributed by atoms with van der Waals surface area (Å²) in [6.45, 7) is 3.85. The first-order chi connectivity index (χ1) is 10.3. The van der Waals surface area contributed by atoms with Crippen LogP contribution in [0.25, 0.3) is 11.1 Å². The summed E-state index contributed by atoms with van der Waals surface area (Å²) >= 11 is 0. The molecule has 21 heavy (non-hydrogen) atoms. The summed E-state index contributed by atoms with van der Waals surface area (Å²) in [7, 11) is 2.12. The molecular formula is C17H18N4. The molecule has 0 spiro atoms. The number of rotatable bonds is 2. The van der Waals surface area contributed by atoms with Gasteiger partial charge in [0.15, 0.2) is 0 Å². The minimum atomic E-state index is 0.654. The summed E-state index contributed by atoms with van der Waals surface area (Å²) < 4.78 is 0. The first-order valence-corrected chi connectivity index (χ1v) is 7.17. The Kier molecular flexibility index (Phi) is 3.85. The zero-order chi connectivity index (χ0) is 14.7. The molecule has 1 aromatic heterocycles. The molecule has 0 unspecified atom stereocenters. The van der Waals surface area contributed by atoms with Gasteiger partial charge in [-0.05, 0) is 18.7 Å². The van der Waals surface area contributed by atoms with Crippen molar-refractivity contribution < 1.29 is 0 Å². The monoisotopic (exact) mass is 278 g/mol. The lowest BCUT2D eigenvalue weighted by atomic mass is 10.1. The Morgan fingerprint density at radius 1 is 1.05 bits per heavy atom. The van der Waals surface area contributed by atoms with E-state index in [-0.39, 0.29) is 0 Å². The molecule has 2 aromatic rings. The summed E-state index contributed by atoms with van der Waals surface area (Å²) in [5.74, 6) is 0.810. The molecule has 1 fully saturated rings. The molecule has 0 radical (unpaired) electrons. The third kappa shape index (κ3) is 2.88. The first kappa shape index (κ1) is 13.6. The lowest BCUT2D eigenvalue weighted by molar-refractivity contribution is 0.312. The maximum atomic E-state index is 9.45. The van der Waals surface area contributed by atoms with Crippen molar-refractivity contribution in [3.05, 3.63) is 48.2 Å². The van der Waals surface area contributed by atoms with Crippen LogP contribution in [0.15, 0.2) is 42.6 Å². The summed E-state index contributed by atoms with van der Waals surface area (Å²) in [4.78, 5) is 9.05. The fourth-order valence-electron chi connectivity index (χ4n) is 2.60. The van der Waals surface area contributed by atoms with Gasteiger partial charge in [-0.2, -0.15) is 5.26 Å². The molecule has 1 saturated heterocycles. The highest BCUT2D eigenvalue weighted by molar-refractivity contribution is 5.68. The lowest BCUT2D eigenvalue weighted by Gasteiger charge is -2.33. The minimum Gasteiger partial charge on any atom is -0.353 e. The average molecular weight is 278 g/mol. The van der Waals surface area contributed by atoms with Crippen LogP contribution >= 0.6 is 0 Å². The van der Waals surface area contributed by atoms with Gasteiger partial charge in [0.2, 0.25) is 0 Å². The normalized spacial score (nSPS) is 15.7. The molecule has 2 heterocycles. The van der Waals surface area contributed by atoms with Crippen LogP contribution in [0.1, 0.15) is 5.56 Å². The number of anilines is 1. The maximum Gasteiger partial charge on any atom is 0.146 e. The van der Waals surface area contributed by atoms with E-state index in [1.54, 1.807) is 0 Å².